The van der Waals surface area contributed by atoms with E-state index in [0.29, 0.717) is 0 Å². The Labute approximate surface area is 206 Å². The van der Waals surface area contributed by atoms with Crippen LogP contribution in [-0.4, -0.2) is 0 Å². The van der Waals surface area contributed by atoms with Crippen LogP contribution in [0.2, 0.25) is 0 Å². The first-order valence-electron chi connectivity index (χ1n) is 12.1. The SMILES string of the molecule is c1ccc(-c2cc3c(s2)-c2c4ccccc4c4c5cccc6cccc(c7ccc-3c2c74)c65)cc1. The lowest BCUT2D eigenvalue weighted by molar-refractivity contribution is 1.70. The van der Waals surface area contributed by atoms with E-state index < -0.39 is 0 Å². The van der Waals surface area contributed by atoms with E-state index in [-0.39, 0.29) is 0 Å². The van der Waals surface area contributed by atoms with Gasteiger partial charge in [-0.25, -0.2) is 0 Å². The van der Waals surface area contributed by atoms with Gasteiger partial charge in [0.25, 0.3) is 0 Å². The molecule has 1 heterocycles. The Morgan fingerprint density at radius 1 is 0.429 bits per heavy atom. The quantitative estimate of drug-likeness (QED) is 0.169. The van der Waals surface area contributed by atoms with E-state index in [9.17, 15) is 0 Å². The second-order valence-corrected chi connectivity index (χ2v) is 10.7. The first-order valence-corrected chi connectivity index (χ1v) is 12.9. The first kappa shape index (κ1) is 18.2. The predicted molar refractivity (Wildman–Crippen MR) is 153 cm³/mol. The average molecular weight is 459 g/mol. The highest BCUT2D eigenvalue weighted by Crippen LogP contribution is 2.58. The molecule has 0 spiro atoms. The van der Waals surface area contributed by atoms with Crippen molar-refractivity contribution in [2.75, 3.05) is 0 Å². The van der Waals surface area contributed by atoms with Gasteiger partial charge in [0.15, 0.2) is 0 Å². The number of rotatable bonds is 1. The predicted octanol–water partition coefficient (Wildman–Crippen LogP) is 10.3. The summed E-state index contributed by atoms with van der Waals surface area (Å²) in [6.07, 6.45) is 0. The molecule has 0 unspecified atom stereocenters. The summed E-state index contributed by atoms with van der Waals surface area (Å²) < 4.78 is 0. The fraction of sp³-hybridized carbons (Fsp3) is 0. The van der Waals surface area contributed by atoms with Gasteiger partial charge in [-0.05, 0) is 65.7 Å². The Morgan fingerprint density at radius 3 is 1.97 bits per heavy atom. The Bertz CT molecular complexity index is 2140. The second-order valence-electron chi connectivity index (χ2n) is 9.64. The Morgan fingerprint density at radius 2 is 1.11 bits per heavy atom. The van der Waals surface area contributed by atoms with Gasteiger partial charge < -0.3 is 0 Å². The van der Waals surface area contributed by atoms with Gasteiger partial charge in [-0.1, -0.05) is 103 Å². The van der Waals surface area contributed by atoms with Gasteiger partial charge in [-0.3, -0.25) is 0 Å². The standard InChI is InChI=1S/C34H18S/c1-2-8-19(9-3-1)28-18-27-25-17-16-24-21-14-6-10-20-11-7-15-26(29(20)21)30-22-12-4-5-13-23(22)33(34(27)35-28)32(25)31(24)30/h1-18H. The van der Waals surface area contributed by atoms with Gasteiger partial charge in [0.1, 0.15) is 0 Å². The van der Waals surface area contributed by atoms with Crippen molar-refractivity contribution in [2.24, 2.45) is 0 Å². The van der Waals surface area contributed by atoms with Crippen molar-refractivity contribution in [3.8, 4) is 32.0 Å². The van der Waals surface area contributed by atoms with E-state index in [1.54, 1.807) is 0 Å². The summed E-state index contributed by atoms with van der Waals surface area (Å²) in [7, 11) is 0. The molecule has 1 aliphatic rings. The molecular formula is C34H18S. The van der Waals surface area contributed by atoms with Crippen LogP contribution in [0.1, 0.15) is 0 Å². The fourth-order valence-electron chi connectivity index (χ4n) is 6.57. The summed E-state index contributed by atoms with van der Waals surface area (Å²) in [5, 5.41) is 13.8. The topological polar surface area (TPSA) is 0 Å². The smallest absolute Gasteiger partial charge is 0.0440 e. The number of thiophene rings is 1. The van der Waals surface area contributed by atoms with Gasteiger partial charge in [0.05, 0.1) is 0 Å². The molecule has 0 saturated carbocycles. The molecule has 9 rings (SSSR count). The molecular weight excluding hydrogens is 440 g/mol. The molecule has 0 bridgehead atoms. The average Bonchev–Trinajstić information content (AvgIpc) is 3.48. The van der Waals surface area contributed by atoms with E-state index in [1.165, 1.54) is 85.9 Å². The van der Waals surface area contributed by atoms with E-state index in [4.69, 9.17) is 0 Å². The van der Waals surface area contributed by atoms with Gasteiger partial charge >= 0.3 is 0 Å². The minimum atomic E-state index is 1.30. The van der Waals surface area contributed by atoms with Crippen molar-refractivity contribution in [2.45, 2.75) is 0 Å². The Kier molecular flexibility index (Phi) is 3.25. The van der Waals surface area contributed by atoms with Crippen LogP contribution in [0.5, 0.6) is 0 Å². The van der Waals surface area contributed by atoms with Gasteiger partial charge in [0, 0.05) is 26.3 Å². The lowest BCUT2D eigenvalue weighted by Gasteiger charge is -2.18. The lowest BCUT2D eigenvalue weighted by Crippen LogP contribution is -1.90. The Hall–Kier alpha value is -4.20. The molecule has 0 N–H and O–H groups in total. The molecule has 0 fully saturated rings. The highest BCUT2D eigenvalue weighted by molar-refractivity contribution is 7.20. The van der Waals surface area contributed by atoms with Crippen LogP contribution in [0, 0.1) is 0 Å². The highest BCUT2D eigenvalue weighted by Gasteiger charge is 2.29. The third-order valence-corrected chi connectivity index (χ3v) is 9.14. The maximum absolute atomic E-state index is 2.42. The zero-order valence-electron chi connectivity index (χ0n) is 18.8. The van der Waals surface area contributed by atoms with E-state index in [1.807, 2.05) is 11.3 Å². The fourth-order valence-corrected chi connectivity index (χ4v) is 7.81. The van der Waals surface area contributed by atoms with Crippen LogP contribution in [0.25, 0.3) is 85.9 Å². The maximum Gasteiger partial charge on any atom is 0.0440 e. The van der Waals surface area contributed by atoms with Crippen molar-refractivity contribution in [3.05, 3.63) is 109 Å². The second kappa shape index (κ2) is 6.27. The van der Waals surface area contributed by atoms with Crippen molar-refractivity contribution >= 4 is 65.2 Å². The number of hydrogen-bond donors (Lipinski definition) is 0. The monoisotopic (exact) mass is 458 g/mol. The summed E-state index contributed by atoms with van der Waals surface area (Å²) in [5.41, 5.74) is 5.48. The summed E-state index contributed by atoms with van der Waals surface area (Å²) in [6.45, 7) is 0. The third kappa shape index (κ3) is 2.14. The maximum atomic E-state index is 2.42. The van der Waals surface area contributed by atoms with Crippen molar-refractivity contribution in [1.29, 1.82) is 0 Å². The van der Waals surface area contributed by atoms with E-state index >= 15 is 0 Å². The number of fused-ring (bicyclic) bond motifs is 8. The molecule has 35 heavy (non-hydrogen) atoms. The van der Waals surface area contributed by atoms with Gasteiger partial charge in [-0.2, -0.15) is 0 Å². The third-order valence-electron chi connectivity index (χ3n) is 7.94. The zero-order valence-corrected chi connectivity index (χ0v) is 19.6. The molecule has 8 aromatic rings. The number of benzene rings is 7. The van der Waals surface area contributed by atoms with E-state index in [2.05, 4.69) is 109 Å². The molecule has 1 aliphatic carbocycles. The Balaban J connectivity index is 1.55. The van der Waals surface area contributed by atoms with Crippen molar-refractivity contribution in [3.63, 3.8) is 0 Å². The molecule has 0 radical (unpaired) electrons. The summed E-state index contributed by atoms with van der Waals surface area (Å²) >= 11 is 1.94. The minimum absolute atomic E-state index is 1.30. The van der Waals surface area contributed by atoms with Crippen molar-refractivity contribution in [1.82, 2.24) is 0 Å². The molecule has 0 aliphatic heterocycles. The van der Waals surface area contributed by atoms with Gasteiger partial charge in [-0.15, -0.1) is 11.3 Å². The molecule has 0 nitrogen and oxygen atoms in total. The molecule has 1 aromatic heterocycles. The molecule has 0 saturated heterocycles. The molecule has 160 valence electrons. The van der Waals surface area contributed by atoms with Crippen LogP contribution in [0.15, 0.2) is 109 Å². The minimum Gasteiger partial charge on any atom is -0.135 e. The highest BCUT2D eigenvalue weighted by atomic mass is 32.1. The summed E-state index contributed by atoms with van der Waals surface area (Å²) in [5.74, 6) is 0. The van der Waals surface area contributed by atoms with Crippen LogP contribution >= 0.6 is 11.3 Å². The normalized spacial score (nSPS) is 12.6. The first-order chi connectivity index (χ1) is 17.4. The van der Waals surface area contributed by atoms with Crippen LogP contribution in [0.4, 0.5) is 0 Å². The van der Waals surface area contributed by atoms with Gasteiger partial charge in [0.2, 0.25) is 0 Å². The van der Waals surface area contributed by atoms with E-state index in [0.717, 1.165) is 0 Å². The summed E-state index contributed by atoms with van der Waals surface area (Å²) in [6, 6.07) is 40.5. The molecule has 1 heteroatoms. The lowest BCUT2D eigenvalue weighted by atomic mass is 9.85. The van der Waals surface area contributed by atoms with Crippen LogP contribution < -0.4 is 0 Å². The molecule has 0 amide bonds. The number of hydrogen-bond acceptors (Lipinski definition) is 1. The van der Waals surface area contributed by atoms with Crippen LogP contribution in [0.3, 0.4) is 0 Å². The summed E-state index contributed by atoms with van der Waals surface area (Å²) in [4.78, 5) is 2.75. The van der Waals surface area contributed by atoms with Crippen molar-refractivity contribution < 1.29 is 0 Å². The largest absolute Gasteiger partial charge is 0.135 e. The van der Waals surface area contributed by atoms with Crippen LogP contribution in [-0.2, 0) is 0 Å². The molecule has 7 aromatic carbocycles. The molecule has 0 atom stereocenters. The zero-order chi connectivity index (χ0) is 22.7.